The van der Waals surface area contributed by atoms with E-state index in [2.05, 4.69) is 6.92 Å². The lowest BCUT2D eigenvalue weighted by Gasteiger charge is -2.34. The molecule has 13 heavy (non-hydrogen) atoms. The number of likely N-dealkylation sites (tertiary alicyclic amines) is 1. The molecule has 1 fully saturated rings. The van der Waals surface area contributed by atoms with Crippen molar-refractivity contribution in [3.63, 3.8) is 0 Å². The molecule has 0 radical (unpaired) electrons. The highest BCUT2D eigenvalue weighted by Crippen LogP contribution is 2.17. The van der Waals surface area contributed by atoms with Gasteiger partial charge in [-0.25, -0.2) is 0 Å². The zero-order valence-corrected chi connectivity index (χ0v) is 8.62. The van der Waals surface area contributed by atoms with Crippen LogP contribution >= 0.6 is 0 Å². The first-order chi connectivity index (χ1) is 6.16. The minimum atomic E-state index is -0.291. The van der Waals surface area contributed by atoms with Crippen LogP contribution in [0.3, 0.4) is 0 Å². The van der Waals surface area contributed by atoms with Gasteiger partial charge in [-0.3, -0.25) is 4.79 Å². The lowest BCUT2D eigenvalue weighted by atomic mass is 10.0. The van der Waals surface area contributed by atoms with Crippen LogP contribution in [0.1, 0.15) is 39.5 Å². The summed E-state index contributed by atoms with van der Waals surface area (Å²) in [7, 11) is 0. The zero-order chi connectivity index (χ0) is 9.84. The molecule has 0 aromatic rings. The molecule has 1 aliphatic rings. The molecule has 0 aromatic carbocycles. The average Bonchev–Trinajstić information content (AvgIpc) is 2.16. The van der Waals surface area contributed by atoms with Crippen LogP contribution in [0.5, 0.6) is 0 Å². The van der Waals surface area contributed by atoms with Gasteiger partial charge in [-0.2, -0.15) is 0 Å². The van der Waals surface area contributed by atoms with Gasteiger partial charge in [0.25, 0.3) is 0 Å². The lowest BCUT2D eigenvalue weighted by Crippen LogP contribution is -2.49. The van der Waals surface area contributed by atoms with Crippen molar-refractivity contribution in [1.29, 1.82) is 0 Å². The summed E-state index contributed by atoms with van der Waals surface area (Å²) in [4.78, 5) is 13.7. The zero-order valence-electron chi connectivity index (χ0n) is 8.62. The second-order valence-electron chi connectivity index (χ2n) is 3.89. The van der Waals surface area contributed by atoms with Crippen molar-refractivity contribution < 1.29 is 4.79 Å². The van der Waals surface area contributed by atoms with E-state index >= 15 is 0 Å². The Balaban J connectivity index is 2.53. The molecule has 1 saturated heterocycles. The Morgan fingerprint density at radius 3 is 2.85 bits per heavy atom. The monoisotopic (exact) mass is 184 g/mol. The minimum Gasteiger partial charge on any atom is -0.339 e. The molecule has 1 rings (SSSR count). The summed E-state index contributed by atoms with van der Waals surface area (Å²) in [6.07, 6.45) is 4.24. The first-order valence-corrected chi connectivity index (χ1v) is 5.23. The fourth-order valence-electron chi connectivity index (χ4n) is 1.81. The van der Waals surface area contributed by atoms with Gasteiger partial charge in [0, 0.05) is 12.6 Å². The first-order valence-electron chi connectivity index (χ1n) is 5.23. The Labute approximate surface area is 80.3 Å². The van der Waals surface area contributed by atoms with Crippen LogP contribution < -0.4 is 5.73 Å². The maximum absolute atomic E-state index is 11.7. The van der Waals surface area contributed by atoms with E-state index in [-0.39, 0.29) is 11.9 Å². The SMILES string of the molecule is CC[C@@H](N)C(=O)N1CCCCC1C. The molecule has 3 heteroatoms. The molecule has 1 unspecified atom stereocenters. The molecular formula is C10H20N2O. The van der Waals surface area contributed by atoms with Crippen molar-refractivity contribution in [3.05, 3.63) is 0 Å². The molecule has 1 aliphatic heterocycles. The first kappa shape index (κ1) is 10.5. The molecule has 0 aromatic heterocycles. The number of nitrogens with two attached hydrogens (primary N) is 1. The van der Waals surface area contributed by atoms with E-state index in [1.54, 1.807) is 0 Å². The molecular weight excluding hydrogens is 164 g/mol. The van der Waals surface area contributed by atoms with Gasteiger partial charge in [0.15, 0.2) is 0 Å². The number of carbonyl (C=O) groups excluding carboxylic acids is 1. The van der Waals surface area contributed by atoms with Crippen LogP contribution in [0, 0.1) is 0 Å². The molecule has 0 saturated carbocycles. The van der Waals surface area contributed by atoms with Crippen molar-refractivity contribution in [2.75, 3.05) is 6.54 Å². The quantitative estimate of drug-likeness (QED) is 0.699. The van der Waals surface area contributed by atoms with Gasteiger partial charge in [-0.1, -0.05) is 6.92 Å². The summed E-state index contributed by atoms with van der Waals surface area (Å²) in [5.74, 6) is 0.134. The normalized spacial score (nSPS) is 25.8. The molecule has 0 bridgehead atoms. The largest absolute Gasteiger partial charge is 0.339 e. The van der Waals surface area contributed by atoms with Gasteiger partial charge < -0.3 is 10.6 Å². The second-order valence-corrected chi connectivity index (χ2v) is 3.89. The number of hydrogen-bond acceptors (Lipinski definition) is 2. The summed E-state index contributed by atoms with van der Waals surface area (Å²) >= 11 is 0. The van der Waals surface area contributed by atoms with Crippen LogP contribution in [0.25, 0.3) is 0 Å². The van der Waals surface area contributed by atoms with Gasteiger partial charge in [-0.15, -0.1) is 0 Å². The molecule has 2 N–H and O–H groups in total. The van der Waals surface area contributed by atoms with Crippen LogP contribution in [0.15, 0.2) is 0 Å². The van der Waals surface area contributed by atoms with Crippen molar-refractivity contribution in [2.45, 2.75) is 51.6 Å². The predicted molar refractivity (Wildman–Crippen MR) is 53.3 cm³/mol. The maximum Gasteiger partial charge on any atom is 0.239 e. The summed E-state index contributed by atoms with van der Waals surface area (Å²) in [6, 6.07) is 0.0967. The van der Waals surface area contributed by atoms with Gasteiger partial charge in [0.1, 0.15) is 0 Å². The molecule has 1 heterocycles. The van der Waals surface area contributed by atoms with E-state index in [9.17, 15) is 4.79 Å². The Bertz CT molecular complexity index is 182. The molecule has 0 spiro atoms. The fourth-order valence-corrected chi connectivity index (χ4v) is 1.81. The third-order valence-corrected chi connectivity index (χ3v) is 2.84. The van der Waals surface area contributed by atoms with E-state index in [0.717, 1.165) is 25.8 Å². The summed E-state index contributed by atoms with van der Waals surface area (Å²) in [5, 5.41) is 0. The second kappa shape index (κ2) is 4.61. The van der Waals surface area contributed by atoms with Crippen molar-refractivity contribution in [3.8, 4) is 0 Å². The van der Waals surface area contributed by atoms with Gasteiger partial charge in [0.05, 0.1) is 6.04 Å². The van der Waals surface area contributed by atoms with Crippen LogP contribution in [0.4, 0.5) is 0 Å². The number of nitrogens with zero attached hydrogens (tertiary/aromatic N) is 1. The number of rotatable bonds is 2. The third kappa shape index (κ3) is 2.44. The van der Waals surface area contributed by atoms with Crippen LogP contribution in [0.2, 0.25) is 0 Å². The van der Waals surface area contributed by atoms with E-state index < -0.39 is 0 Å². The third-order valence-electron chi connectivity index (χ3n) is 2.84. The van der Waals surface area contributed by atoms with Crippen molar-refractivity contribution in [1.82, 2.24) is 4.90 Å². The highest BCUT2D eigenvalue weighted by atomic mass is 16.2. The van der Waals surface area contributed by atoms with Crippen molar-refractivity contribution >= 4 is 5.91 Å². The average molecular weight is 184 g/mol. The highest BCUT2D eigenvalue weighted by Gasteiger charge is 2.25. The van der Waals surface area contributed by atoms with Gasteiger partial charge in [-0.05, 0) is 32.6 Å². The smallest absolute Gasteiger partial charge is 0.239 e. The fraction of sp³-hybridized carbons (Fsp3) is 0.900. The van der Waals surface area contributed by atoms with Crippen LogP contribution in [-0.4, -0.2) is 29.4 Å². The summed E-state index contributed by atoms with van der Waals surface area (Å²) in [6.45, 7) is 4.96. The van der Waals surface area contributed by atoms with E-state index in [0.29, 0.717) is 6.04 Å². The van der Waals surface area contributed by atoms with Gasteiger partial charge >= 0.3 is 0 Å². The highest BCUT2D eigenvalue weighted by molar-refractivity contribution is 5.81. The molecule has 76 valence electrons. The number of piperidine rings is 1. The number of carbonyl (C=O) groups is 1. The maximum atomic E-state index is 11.7. The van der Waals surface area contributed by atoms with Crippen molar-refractivity contribution in [2.24, 2.45) is 5.73 Å². The van der Waals surface area contributed by atoms with Crippen LogP contribution in [-0.2, 0) is 4.79 Å². The standard InChI is InChI=1S/C10H20N2O/c1-3-9(11)10(13)12-7-5-4-6-8(12)2/h8-9H,3-7,11H2,1-2H3/t8?,9-/m1/s1. The number of hydrogen-bond donors (Lipinski definition) is 1. The van der Waals surface area contributed by atoms with Gasteiger partial charge in [0.2, 0.25) is 5.91 Å². The summed E-state index contributed by atoms with van der Waals surface area (Å²) < 4.78 is 0. The Morgan fingerprint density at radius 1 is 1.62 bits per heavy atom. The molecule has 0 aliphatic carbocycles. The summed E-state index contributed by atoms with van der Waals surface area (Å²) in [5.41, 5.74) is 5.72. The molecule has 3 nitrogen and oxygen atoms in total. The van der Waals surface area contributed by atoms with E-state index in [1.807, 2.05) is 11.8 Å². The Kier molecular flexibility index (Phi) is 3.72. The van der Waals surface area contributed by atoms with E-state index in [1.165, 1.54) is 6.42 Å². The van der Waals surface area contributed by atoms with E-state index in [4.69, 9.17) is 5.73 Å². The number of amides is 1. The lowest BCUT2D eigenvalue weighted by molar-refractivity contribution is -0.135. The topological polar surface area (TPSA) is 46.3 Å². The molecule has 2 atom stereocenters. The molecule has 1 amide bonds. The minimum absolute atomic E-state index is 0.134. The predicted octanol–water partition coefficient (Wildman–Crippen LogP) is 1.12. The Morgan fingerprint density at radius 2 is 2.31 bits per heavy atom. The Hall–Kier alpha value is -0.570.